The Morgan fingerprint density at radius 1 is 0.273 bits per heavy atom. The van der Waals surface area contributed by atoms with Crippen LogP contribution in [0, 0.1) is 23.2 Å². The second-order valence-corrected chi connectivity index (χ2v) is 34.0. The van der Waals surface area contributed by atoms with Crippen molar-refractivity contribution in [3.63, 3.8) is 0 Å². The minimum atomic E-state index is -2.28. The number of aliphatic hydroxyl groups is 1. The predicted molar refractivity (Wildman–Crippen MR) is 491 cm³/mol. The molecule has 143 heavy (non-hydrogen) atoms. The maximum atomic E-state index is 14.8. The van der Waals surface area contributed by atoms with Crippen molar-refractivity contribution in [2.45, 2.75) is 305 Å². The summed E-state index contributed by atoms with van der Waals surface area (Å²) < 4.78 is 0. The number of primary amides is 4. The fourth-order valence-electron chi connectivity index (χ4n) is 13.3. The van der Waals surface area contributed by atoms with Gasteiger partial charge in [0.2, 0.25) is 118 Å². The summed E-state index contributed by atoms with van der Waals surface area (Å²) in [6, 6.07) is -30.6. The summed E-state index contributed by atoms with van der Waals surface area (Å²) in [4.78, 5) is 359. The van der Waals surface area contributed by atoms with Crippen LogP contribution in [-0.2, 0) is 129 Å². The molecular formula is C83H137N25O35. The van der Waals surface area contributed by atoms with E-state index in [1.165, 1.54) is 20.8 Å². The Labute approximate surface area is 818 Å². The monoisotopic (exact) mass is 2040 g/mol. The van der Waals surface area contributed by atoms with Crippen molar-refractivity contribution in [2.75, 3.05) is 26.2 Å². The van der Waals surface area contributed by atoms with Crippen LogP contribution in [-0.4, -0.2) is 330 Å². The van der Waals surface area contributed by atoms with Gasteiger partial charge in [0, 0.05) is 57.9 Å². The van der Waals surface area contributed by atoms with Gasteiger partial charge in [-0.1, -0.05) is 48.0 Å². The molecule has 0 radical (unpaired) electrons. The molecule has 0 aromatic heterocycles. The van der Waals surface area contributed by atoms with E-state index in [2.05, 4.69) is 85.1 Å². The van der Waals surface area contributed by atoms with E-state index < -0.39 is 409 Å². The van der Waals surface area contributed by atoms with Crippen LogP contribution in [0.2, 0.25) is 0 Å². The molecule has 20 amide bonds. The smallest absolute Gasteiger partial charge is 0.326 e. The number of nitrogens with two attached hydrogens (primary N) is 7. The summed E-state index contributed by atoms with van der Waals surface area (Å²) in [5.41, 5.74) is 38.0. The standard InChI is InChI=1S/C83H137N25O35/c1-7-39(6)66(81(141)102-41(12-10-30-92-83(90)91)67(127)95-45(16-24-61(117)118)72(132)94-40(11-8-9-29-84)68(128)107-54(36-109)80(140)106-53(82(142)143)34-58(89)113)108-79(139)51(32-38(4)5)104-75(135)48(19-27-64(123)124)97-71(131)44(14-22-56(87)111)101-78(138)52(33-57(88)112)105-76(136)49(20-28-65(125)126)98-70(130)43(13-21-55(86)110)100-77(137)50(31-37(2)3)103-74(134)47(18-26-63(121)122)99-73(133)46(17-25-62(119)120)96-69(129)42(15-23-60(115)116)93-59(114)35-85/h37-54,66,109H,7-36,84-85H2,1-6H3,(H2,86,110)(H2,87,111)(H2,88,112)(H2,89,113)(H,93,114)(H,94,132)(H,95,127)(H,96,129)(H,97,131)(H,98,130)(H,99,133)(H,100,137)(H,101,138)(H,102,141)(H,103,134)(H,104,135)(H,105,136)(H,106,140)(H,107,128)(H,108,139)(H,115,116)(H,117,118)(H,119,120)(H,121,122)(H,123,124)(H,125,126)(H,142,143)(H4,90,91,92)/t39-,40-,41-,42-,43-,44-,45-,46-,47-,48-,49-,50-,51-,52-,53-,54-,66-/m0/s1. The second kappa shape index (κ2) is 67.2. The molecule has 804 valence electrons. The third-order valence-electron chi connectivity index (χ3n) is 21.1. The molecule has 0 aromatic carbocycles. The van der Waals surface area contributed by atoms with Crippen LogP contribution in [0.15, 0.2) is 0 Å². The fraction of sp³-hybridized carbons (Fsp3) is 0.663. The number of carboxylic acid groups (broad SMARTS) is 7. The first-order chi connectivity index (χ1) is 66.8. The number of nitrogens with one attached hydrogen (secondary N) is 18. The van der Waals surface area contributed by atoms with Gasteiger partial charge in [0.25, 0.3) is 0 Å². The van der Waals surface area contributed by atoms with Gasteiger partial charge < -0.3 is 171 Å². The Bertz CT molecular complexity index is 4480. The highest BCUT2D eigenvalue weighted by Crippen LogP contribution is 2.18. The SMILES string of the molecule is CC[C@H](C)[C@H](NC(=O)[C@H](CC(C)C)NC(=O)[C@H](CCC(=O)O)NC(=O)[C@H](CCC(N)=O)NC(=O)[C@H](CC(N)=O)NC(=O)[C@H](CCC(=O)O)NC(=O)[C@H](CCC(N)=O)NC(=O)[C@H](CC(C)C)NC(=O)[C@H](CCC(=O)O)NC(=O)[C@H](CCC(=O)O)NC(=O)[C@H](CCC(=O)O)NC(=O)CN)C(=O)N[C@@H](CCCNC(=N)N)C(=O)N[C@@H](CCC(=O)O)C(=O)N[C@@H](CCCCN)C(=O)N[C@@H](CO)C(=O)N[C@@H](CC(N)=O)C(=O)O. The van der Waals surface area contributed by atoms with Gasteiger partial charge in [0.15, 0.2) is 5.96 Å². The maximum Gasteiger partial charge on any atom is 0.326 e. The Hall–Kier alpha value is -15.2. The van der Waals surface area contributed by atoms with Gasteiger partial charge in [0.1, 0.15) is 96.7 Å². The average Bonchev–Trinajstić information content (AvgIpc) is 0.847. The minimum Gasteiger partial charge on any atom is -0.481 e. The van der Waals surface area contributed by atoms with Crippen molar-refractivity contribution in [2.24, 2.45) is 57.9 Å². The van der Waals surface area contributed by atoms with Gasteiger partial charge in [0.05, 0.1) is 26.0 Å². The number of hydrogen-bond acceptors (Lipinski definition) is 31. The van der Waals surface area contributed by atoms with E-state index in [-0.39, 0.29) is 64.5 Å². The van der Waals surface area contributed by atoms with Gasteiger partial charge in [-0.2, -0.15) is 0 Å². The third-order valence-corrected chi connectivity index (χ3v) is 21.1. The van der Waals surface area contributed by atoms with E-state index in [4.69, 9.17) is 45.5 Å². The summed E-state index contributed by atoms with van der Waals surface area (Å²) >= 11 is 0. The lowest BCUT2D eigenvalue weighted by Crippen LogP contribution is -2.62. The molecule has 0 aromatic rings. The van der Waals surface area contributed by atoms with E-state index in [9.17, 15) is 170 Å². The van der Waals surface area contributed by atoms with E-state index >= 15 is 0 Å². The molecule has 0 fully saturated rings. The molecule has 0 aliphatic carbocycles. The molecular weight excluding hydrogens is 1910 g/mol. The first-order valence-corrected chi connectivity index (χ1v) is 45.4. The first-order valence-electron chi connectivity index (χ1n) is 45.4. The molecule has 0 spiro atoms. The number of carboxylic acids is 7. The summed E-state index contributed by atoms with van der Waals surface area (Å²) in [5.74, 6) is -39.1. The Morgan fingerprint density at radius 3 is 0.776 bits per heavy atom. The van der Waals surface area contributed by atoms with Gasteiger partial charge in [-0.3, -0.25) is 130 Å². The normalized spacial score (nSPS) is 14.5. The quantitative estimate of drug-likeness (QED) is 0.0153. The molecule has 0 unspecified atom stereocenters. The summed E-state index contributed by atoms with van der Waals surface area (Å²) in [5, 5.41) is 124. The van der Waals surface area contributed by atoms with E-state index in [0.29, 0.717) is 0 Å². The number of carbonyl (C=O) groups is 27. The molecule has 17 atom stereocenters. The largest absolute Gasteiger partial charge is 0.481 e. The van der Waals surface area contributed by atoms with Crippen molar-refractivity contribution < 1.29 is 170 Å². The Balaban J connectivity index is 7.76. The summed E-state index contributed by atoms with van der Waals surface area (Å²) in [7, 11) is 0. The zero-order chi connectivity index (χ0) is 109. The molecule has 40 N–H and O–H groups in total. The van der Waals surface area contributed by atoms with Crippen LogP contribution in [0.1, 0.15) is 208 Å². The Morgan fingerprint density at radius 2 is 0.510 bits per heavy atom. The number of guanidine groups is 1. The first kappa shape index (κ1) is 128. The van der Waals surface area contributed by atoms with Gasteiger partial charge >= 0.3 is 41.8 Å². The molecule has 0 aliphatic heterocycles. The van der Waals surface area contributed by atoms with Crippen molar-refractivity contribution >= 4 is 166 Å². The lowest BCUT2D eigenvalue weighted by molar-refractivity contribution is -0.144. The molecule has 0 bridgehead atoms. The lowest BCUT2D eigenvalue weighted by Gasteiger charge is -2.30. The van der Waals surface area contributed by atoms with Crippen LogP contribution >= 0.6 is 0 Å². The highest BCUT2D eigenvalue weighted by atomic mass is 16.4. The number of carbonyl (C=O) groups excluding carboxylic acids is 20. The molecule has 0 rings (SSSR count). The van der Waals surface area contributed by atoms with Crippen LogP contribution in [0.25, 0.3) is 0 Å². The molecule has 60 heteroatoms. The van der Waals surface area contributed by atoms with Crippen molar-refractivity contribution in [1.29, 1.82) is 5.41 Å². The number of aliphatic hydroxyl groups excluding tert-OH is 1. The number of aliphatic carboxylic acids is 7. The Kier molecular flexibility index (Phi) is 60.1. The van der Waals surface area contributed by atoms with E-state index in [1.807, 2.05) is 5.32 Å². The maximum absolute atomic E-state index is 14.8. The average molecular weight is 2050 g/mol. The van der Waals surface area contributed by atoms with Crippen molar-refractivity contribution in [1.82, 2.24) is 90.4 Å². The van der Waals surface area contributed by atoms with Crippen LogP contribution in [0.4, 0.5) is 0 Å². The zero-order valence-electron chi connectivity index (χ0n) is 79.8. The number of hydrogen-bond donors (Lipinski definition) is 33. The van der Waals surface area contributed by atoms with Gasteiger partial charge in [-0.15, -0.1) is 0 Å². The molecule has 0 saturated heterocycles. The highest BCUT2D eigenvalue weighted by molar-refractivity contribution is 6.03. The number of rotatable bonds is 76. The fourth-order valence-corrected chi connectivity index (χ4v) is 13.3. The van der Waals surface area contributed by atoms with Gasteiger partial charge in [-0.05, 0) is 121 Å². The van der Waals surface area contributed by atoms with Gasteiger partial charge in [-0.25, -0.2) is 4.79 Å². The zero-order valence-corrected chi connectivity index (χ0v) is 79.8. The third kappa shape index (κ3) is 54.3. The lowest BCUT2D eigenvalue weighted by atomic mass is 9.96. The highest BCUT2D eigenvalue weighted by Gasteiger charge is 2.42. The molecule has 0 heterocycles. The van der Waals surface area contributed by atoms with E-state index in [0.717, 1.165) is 0 Å². The minimum absolute atomic E-state index is 0.0558. The van der Waals surface area contributed by atoms with Crippen LogP contribution < -0.4 is 131 Å². The number of unbranched alkanes of at least 4 members (excludes halogenated alkanes) is 1. The summed E-state index contributed by atoms with van der Waals surface area (Å²) in [6.07, 6.45) is -16.2. The van der Waals surface area contributed by atoms with Crippen LogP contribution in [0.5, 0.6) is 0 Å². The topological polar surface area (TPSA) is 1030 Å². The second-order valence-electron chi connectivity index (χ2n) is 34.0. The summed E-state index contributed by atoms with van der Waals surface area (Å²) in [6.45, 7) is 7.23. The van der Waals surface area contributed by atoms with E-state index in [1.54, 1.807) is 20.8 Å². The molecule has 0 saturated carbocycles. The molecule has 0 aliphatic rings. The number of amides is 20. The van der Waals surface area contributed by atoms with Crippen molar-refractivity contribution in [3.8, 4) is 0 Å². The van der Waals surface area contributed by atoms with Crippen LogP contribution in [0.3, 0.4) is 0 Å². The van der Waals surface area contributed by atoms with Crippen molar-refractivity contribution in [3.05, 3.63) is 0 Å². The predicted octanol–water partition coefficient (Wildman–Crippen LogP) is -12.2. The molecule has 60 nitrogen and oxygen atoms in total.